The van der Waals surface area contributed by atoms with Crippen molar-refractivity contribution in [2.75, 3.05) is 4.90 Å². The van der Waals surface area contributed by atoms with E-state index < -0.39 is 0 Å². The van der Waals surface area contributed by atoms with E-state index in [2.05, 4.69) is 303 Å². The second-order valence-corrected chi connectivity index (χ2v) is 37.9. The molecule has 0 amide bonds. The number of aliphatic hydroxyl groups is 1. The van der Waals surface area contributed by atoms with E-state index in [1.165, 1.54) is 108 Å². The maximum atomic E-state index is 10.0. The van der Waals surface area contributed by atoms with Gasteiger partial charge in [-0.2, -0.15) is 36.4 Å². The molecule has 0 saturated carbocycles. The summed E-state index contributed by atoms with van der Waals surface area (Å²) in [6.45, 7) is 21.1. The Labute approximate surface area is 923 Å². The molecule has 10 heterocycles. The van der Waals surface area contributed by atoms with Crippen LogP contribution in [-0.2, 0) is 102 Å². The van der Waals surface area contributed by atoms with Crippen molar-refractivity contribution in [3.05, 3.63) is 506 Å². The van der Waals surface area contributed by atoms with Gasteiger partial charge in [-0.05, 0) is 155 Å². The zero-order valence-electron chi connectivity index (χ0n) is 83.3. The molecule has 0 unspecified atom stereocenters. The van der Waals surface area contributed by atoms with E-state index in [-0.39, 0.29) is 109 Å². The Hall–Kier alpha value is -15.4. The van der Waals surface area contributed by atoms with Gasteiger partial charge < -0.3 is 38.9 Å². The number of aryl methyl sites for hydroxylation is 2. The number of hydrogen-bond donors (Lipinski definition) is 1. The molecule has 1 N–H and O–H groups in total. The van der Waals surface area contributed by atoms with E-state index in [4.69, 9.17) is 29.5 Å². The van der Waals surface area contributed by atoms with Gasteiger partial charge in [-0.25, -0.2) is 26.1 Å². The minimum Gasteiger partial charge on any atom is -0.512 e. The maximum Gasteiger partial charge on any atom is 2.00 e. The molecule has 8 aromatic heterocycles. The predicted octanol–water partition coefficient (Wildman–Crippen LogP) is 32.0. The number of nitrogens with zero attached hydrogens (tertiary/aromatic N) is 10. The van der Waals surface area contributed by atoms with Gasteiger partial charge in [0.1, 0.15) is 17.0 Å². The second kappa shape index (κ2) is 45.5. The second-order valence-electron chi connectivity index (χ2n) is 37.9. The summed E-state index contributed by atoms with van der Waals surface area (Å²) in [5.41, 5.74) is 36.7. The number of furan rings is 1. The van der Waals surface area contributed by atoms with Crippen LogP contribution in [0.2, 0.25) is 0 Å². The molecule has 26 rings (SSSR count). The number of ketones is 1. The summed E-state index contributed by atoms with van der Waals surface area (Å²) in [6, 6.07) is 154. The Bertz CT molecular complexity index is 8500. The predicted molar refractivity (Wildman–Crippen MR) is 588 cm³/mol. The zero-order valence-corrected chi connectivity index (χ0v) is 92.8. The summed E-state index contributed by atoms with van der Waals surface area (Å²) in [5, 5.41) is 14.3. The van der Waals surface area contributed by atoms with Crippen molar-refractivity contribution in [3.63, 3.8) is 0 Å². The van der Waals surface area contributed by atoms with E-state index >= 15 is 0 Å². The van der Waals surface area contributed by atoms with Crippen molar-refractivity contribution in [3.8, 4) is 118 Å². The Morgan fingerprint density at radius 3 is 1.34 bits per heavy atom. The molecule has 2 aliphatic heterocycles. The third kappa shape index (κ3) is 21.7. The van der Waals surface area contributed by atoms with E-state index in [1.54, 1.807) is 6.20 Å². The van der Waals surface area contributed by atoms with Crippen LogP contribution >= 0.6 is 0 Å². The molecule has 0 atom stereocenters. The van der Waals surface area contributed by atoms with Gasteiger partial charge >= 0.3 is 21.1 Å². The monoisotopic (exact) mass is 2650 g/mol. The standard InChI is InChI=1S/C46H34N4.C29H21N3.C24H18N.C17H10NO.C11H8N.C5H8O2.3Ir.Pt/c1-45(2)36-19-11-17-34-35-18-12-20-37-43(35)50(42(34)36)44-38(45)27-33(28-39(44)46(37,3)4)49(31-15-9-13-29(25-31)40-21-5-7-23-47-40)32-16-10-14-30(26-32)41-22-6-8-24-48-41;1-20-8-12-24(13-9-20)27-30-28(25-14-10-21(2)11-15-25)32-29(31-27)26-18-16-23(17-19-26)22-6-4-3-5-7-22;1-24(2)20-9-5-4-8-18(20)19-13-11-17(15-21(19)24)23-14-12-16-7-3-6-10-22(16)25-23;1-2-6-12(7-3-1)15-10-17-14(11-18-15)13-8-4-5-9-16(13)19-17;1-2-6-10(7-3-1)11-8-4-5-9-12-11;1-4(6)3-5(2)7;;;;/h5-24,27-28H,1-4H3;3-6,8-16,18-19H,1-2H3;3-10,12-15H,1-2H3;1-6,8-11H;1-6,8-9H;3,6H,1-2H3;;;;/q2*-2;3*-1;;;;;+2. The van der Waals surface area contributed by atoms with Gasteiger partial charge in [-0.3, -0.25) is 9.78 Å². The molecule has 23 aromatic rings. The minimum absolute atomic E-state index is 0. The maximum absolute atomic E-state index is 10.0. The molecular formula is C132H99Ir3N10O3Pt-5. The molecule has 737 valence electrons. The number of carbonyl (C=O) groups is 1. The Balaban J connectivity index is 0.000000132. The molecule has 3 radical (unpaired) electrons. The number of para-hydroxylation sites is 4. The first-order chi connectivity index (χ1) is 70.6. The summed E-state index contributed by atoms with van der Waals surface area (Å²) in [6.07, 6.45) is 8.50. The quantitative estimate of drug-likeness (QED) is 0.0662. The van der Waals surface area contributed by atoms with Crippen molar-refractivity contribution >= 4 is 77.5 Å². The number of fused-ring (bicyclic) bond motifs is 8. The normalized spacial score (nSPS) is 12.4. The van der Waals surface area contributed by atoms with Crippen LogP contribution in [0.15, 0.2) is 423 Å². The van der Waals surface area contributed by atoms with Gasteiger partial charge in [-0.1, -0.05) is 263 Å². The van der Waals surface area contributed by atoms with Crippen molar-refractivity contribution in [1.29, 1.82) is 0 Å². The molecule has 3 aliphatic rings. The van der Waals surface area contributed by atoms with Crippen LogP contribution in [0.5, 0.6) is 0 Å². The van der Waals surface area contributed by atoms with Gasteiger partial charge in [0.25, 0.3) is 0 Å². The third-order valence-corrected chi connectivity index (χ3v) is 27.0. The smallest absolute Gasteiger partial charge is 0.512 e. The molecule has 0 bridgehead atoms. The molecular weight excluding hydrogens is 2550 g/mol. The molecule has 13 nitrogen and oxygen atoms in total. The molecule has 0 fully saturated rings. The third-order valence-electron chi connectivity index (χ3n) is 27.0. The number of benzene rings is 15. The van der Waals surface area contributed by atoms with Crippen molar-refractivity contribution in [2.24, 2.45) is 0 Å². The summed E-state index contributed by atoms with van der Waals surface area (Å²) >= 11 is 0. The number of hydrogen-bond acceptors (Lipinski definition) is 12. The molecule has 149 heavy (non-hydrogen) atoms. The van der Waals surface area contributed by atoms with Crippen molar-refractivity contribution < 1.29 is 95.7 Å². The van der Waals surface area contributed by atoms with Gasteiger partial charge in [0, 0.05) is 140 Å². The molecule has 17 heteroatoms. The fourth-order valence-corrected chi connectivity index (χ4v) is 19.7. The van der Waals surface area contributed by atoms with Crippen LogP contribution in [0.25, 0.3) is 173 Å². The van der Waals surface area contributed by atoms with Crippen LogP contribution in [-0.4, -0.2) is 55.3 Å². The number of anilines is 3. The topological polar surface area (TPSA) is 162 Å². The first-order valence-electron chi connectivity index (χ1n) is 48.5. The Morgan fingerprint density at radius 2 is 0.812 bits per heavy atom. The number of allylic oxidation sites excluding steroid dienone is 2. The van der Waals surface area contributed by atoms with Crippen LogP contribution in [0.1, 0.15) is 99.9 Å². The molecule has 1 aliphatic carbocycles. The Kier molecular flexibility index (Phi) is 32.0. The number of aliphatic hydroxyl groups excluding tert-OH is 1. The largest absolute Gasteiger partial charge is 2.00 e. The average Bonchev–Trinajstić information content (AvgIpc) is 1.52. The first-order valence-corrected chi connectivity index (χ1v) is 48.5. The number of rotatable bonds is 13. The van der Waals surface area contributed by atoms with Crippen molar-refractivity contribution in [2.45, 2.75) is 85.5 Å². The van der Waals surface area contributed by atoms with Crippen LogP contribution in [0, 0.1) is 56.3 Å². The van der Waals surface area contributed by atoms with Gasteiger partial charge in [0.15, 0.2) is 17.4 Å². The number of carbonyl (C=O) groups excluding carboxylic acids is 1. The summed E-state index contributed by atoms with van der Waals surface area (Å²) in [4.78, 5) is 49.6. The van der Waals surface area contributed by atoms with E-state index in [9.17, 15) is 4.79 Å². The zero-order chi connectivity index (χ0) is 99.5. The van der Waals surface area contributed by atoms with Crippen LogP contribution < -0.4 is 4.90 Å². The summed E-state index contributed by atoms with van der Waals surface area (Å²) in [7, 11) is 0. The van der Waals surface area contributed by atoms with Crippen LogP contribution in [0.4, 0.5) is 17.1 Å². The van der Waals surface area contributed by atoms with E-state index in [0.29, 0.717) is 17.5 Å². The van der Waals surface area contributed by atoms with Gasteiger partial charge in [-0.15, -0.1) is 179 Å². The van der Waals surface area contributed by atoms with Crippen LogP contribution in [0.3, 0.4) is 0 Å². The SMILES string of the molecule is CC(=O)C=C(C)O.CC1(C)c2cc(N(c3[c-]c(-c4ccccn4)ccc3)c3[c-]c(-c4ccccn4)ccc3)cc3c2-n2c4c1cccc4c1cccc(c12)C3(C)C.CC1(C)c2ccccc2-c2c[c-]c(-c3ccc4ccccc4n3)cc21.Cc1ccc(-c2nc(-c3c[c-]c(-c4[c-]cccc4)cc3)nc(-c3ccc(C)cc3)n2)cc1.[Ir].[Ir].[Ir].[Pt+2].[c-]1ccccc1-c1cc2oc3ccccc3c2cn1.[c-]1ccccc1-c1ccccn1. The van der Waals surface area contributed by atoms with Crippen molar-refractivity contribution in [1.82, 2.24) is 44.4 Å². The Morgan fingerprint density at radius 1 is 0.356 bits per heavy atom. The molecule has 0 spiro atoms. The number of aromatic nitrogens is 9. The van der Waals surface area contributed by atoms with Gasteiger partial charge in [0.2, 0.25) is 0 Å². The number of pyridine rings is 5. The first kappa shape index (κ1) is 105. The average molecular weight is 2650 g/mol. The minimum atomic E-state index is -0.248. The molecule has 15 aromatic carbocycles. The summed E-state index contributed by atoms with van der Waals surface area (Å²) in [5.74, 6) is 1.88. The fraction of sp³-hybridized carbons (Fsp3) is 0.0985. The summed E-state index contributed by atoms with van der Waals surface area (Å²) < 4.78 is 8.44. The molecule has 0 saturated heterocycles. The van der Waals surface area contributed by atoms with E-state index in [1.807, 2.05) is 225 Å². The van der Waals surface area contributed by atoms with Gasteiger partial charge in [0.05, 0.1) is 28.0 Å². The van der Waals surface area contributed by atoms with E-state index in [0.717, 1.165) is 129 Å². The fourth-order valence-electron chi connectivity index (χ4n) is 19.7.